The fourth-order valence-corrected chi connectivity index (χ4v) is 3.69. The monoisotopic (exact) mass is 418 g/mol. The molecule has 0 aliphatic rings. The van der Waals surface area contributed by atoms with Gasteiger partial charge >= 0.3 is 0 Å². The van der Waals surface area contributed by atoms with Gasteiger partial charge in [-0.3, -0.25) is 9.36 Å². The van der Waals surface area contributed by atoms with Gasteiger partial charge in [0.15, 0.2) is 11.0 Å². The van der Waals surface area contributed by atoms with Crippen LogP contribution in [0.5, 0.6) is 0 Å². The Hall–Kier alpha value is -3.45. The SMILES string of the molecule is Cc1ccc(-c2nnc(SCC(=O)Nc3ccccc3F)n2-c2ccccc2)cc1. The molecule has 0 radical (unpaired) electrons. The minimum absolute atomic E-state index is 0.0766. The van der Waals surface area contributed by atoms with Crippen LogP contribution in [0.2, 0.25) is 0 Å². The van der Waals surface area contributed by atoms with E-state index in [1.807, 2.05) is 66.1 Å². The summed E-state index contributed by atoms with van der Waals surface area (Å²) in [7, 11) is 0. The number of thioether (sulfide) groups is 1. The Morgan fingerprint density at radius 3 is 2.40 bits per heavy atom. The number of nitrogens with zero attached hydrogens (tertiary/aromatic N) is 3. The van der Waals surface area contributed by atoms with Crippen LogP contribution in [-0.4, -0.2) is 26.4 Å². The van der Waals surface area contributed by atoms with Gasteiger partial charge in [0.05, 0.1) is 11.4 Å². The van der Waals surface area contributed by atoms with Crippen molar-refractivity contribution in [3.63, 3.8) is 0 Å². The molecule has 0 aliphatic carbocycles. The second-order valence-corrected chi connectivity index (χ2v) is 7.60. The van der Waals surface area contributed by atoms with Crippen LogP contribution < -0.4 is 5.32 Å². The number of benzene rings is 3. The zero-order chi connectivity index (χ0) is 20.9. The third kappa shape index (κ3) is 4.41. The molecule has 0 bridgehead atoms. The number of amides is 1. The van der Waals surface area contributed by atoms with Gasteiger partial charge in [-0.1, -0.05) is 71.9 Å². The highest BCUT2D eigenvalue weighted by Crippen LogP contribution is 2.28. The molecule has 30 heavy (non-hydrogen) atoms. The highest BCUT2D eigenvalue weighted by Gasteiger charge is 2.17. The van der Waals surface area contributed by atoms with E-state index in [4.69, 9.17) is 0 Å². The Labute approximate surface area is 178 Å². The lowest BCUT2D eigenvalue weighted by atomic mass is 10.1. The van der Waals surface area contributed by atoms with Gasteiger partial charge in [-0.25, -0.2) is 4.39 Å². The molecule has 1 heterocycles. The lowest BCUT2D eigenvalue weighted by molar-refractivity contribution is -0.113. The van der Waals surface area contributed by atoms with Crippen molar-refractivity contribution in [1.29, 1.82) is 0 Å². The molecule has 150 valence electrons. The summed E-state index contributed by atoms with van der Waals surface area (Å²) in [5.41, 5.74) is 3.15. The second kappa shape index (κ2) is 8.92. The molecule has 1 N–H and O–H groups in total. The molecule has 1 amide bonds. The van der Waals surface area contributed by atoms with Gasteiger partial charge in [0.2, 0.25) is 5.91 Å². The highest BCUT2D eigenvalue weighted by atomic mass is 32.2. The summed E-state index contributed by atoms with van der Waals surface area (Å²) in [4.78, 5) is 12.3. The molecule has 0 saturated carbocycles. The molecule has 4 rings (SSSR count). The predicted octanol–water partition coefficient (Wildman–Crippen LogP) is 5.11. The number of hydrogen-bond acceptors (Lipinski definition) is 4. The van der Waals surface area contributed by atoms with Crippen molar-refractivity contribution in [2.24, 2.45) is 0 Å². The van der Waals surface area contributed by atoms with Crippen molar-refractivity contribution < 1.29 is 9.18 Å². The Balaban J connectivity index is 1.59. The molecule has 5 nitrogen and oxygen atoms in total. The molecule has 0 atom stereocenters. The molecule has 0 aliphatic heterocycles. The standard InChI is InChI=1S/C23H19FN4OS/c1-16-11-13-17(14-12-16)22-26-27-23(28(22)18-7-3-2-4-8-18)30-15-21(29)25-20-10-6-5-9-19(20)24/h2-14H,15H2,1H3,(H,25,29). The van der Waals surface area contributed by atoms with Gasteiger partial charge < -0.3 is 5.32 Å². The van der Waals surface area contributed by atoms with E-state index in [0.29, 0.717) is 11.0 Å². The smallest absolute Gasteiger partial charge is 0.234 e. The summed E-state index contributed by atoms with van der Waals surface area (Å²) < 4.78 is 15.7. The molecular weight excluding hydrogens is 399 g/mol. The summed E-state index contributed by atoms with van der Waals surface area (Å²) in [5.74, 6) is -0.0134. The molecule has 3 aromatic carbocycles. The van der Waals surface area contributed by atoms with Crippen molar-refractivity contribution in [2.75, 3.05) is 11.1 Å². The number of carbonyl (C=O) groups is 1. The fourth-order valence-electron chi connectivity index (χ4n) is 2.94. The van der Waals surface area contributed by atoms with Crippen LogP contribution in [-0.2, 0) is 4.79 Å². The van der Waals surface area contributed by atoms with Crippen LogP contribution in [0.15, 0.2) is 84.0 Å². The van der Waals surface area contributed by atoms with E-state index in [-0.39, 0.29) is 17.3 Å². The number of rotatable bonds is 6. The first-order valence-electron chi connectivity index (χ1n) is 9.37. The predicted molar refractivity (Wildman–Crippen MR) is 117 cm³/mol. The Bertz CT molecular complexity index is 1160. The lowest BCUT2D eigenvalue weighted by Crippen LogP contribution is -2.15. The fraction of sp³-hybridized carbons (Fsp3) is 0.0870. The van der Waals surface area contributed by atoms with E-state index >= 15 is 0 Å². The van der Waals surface area contributed by atoms with E-state index in [9.17, 15) is 9.18 Å². The topological polar surface area (TPSA) is 59.8 Å². The first-order chi connectivity index (χ1) is 14.6. The zero-order valence-electron chi connectivity index (χ0n) is 16.2. The van der Waals surface area contributed by atoms with Gasteiger partial charge in [0, 0.05) is 11.3 Å². The largest absolute Gasteiger partial charge is 0.323 e. The van der Waals surface area contributed by atoms with E-state index in [0.717, 1.165) is 16.8 Å². The van der Waals surface area contributed by atoms with Gasteiger partial charge in [0.25, 0.3) is 0 Å². The average Bonchev–Trinajstić information content (AvgIpc) is 3.19. The van der Waals surface area contributed by atoms with Crippen LogP contribution in [0.4, 0.5) is 10.1 Å². The third-order valence-corrected chi connectivity index (χ3v) is 5.37. The molecule has 4 aromatic rings. The summed E-state index contributed by atoms with van der Waals surface area (Å²) in [6.45, 7) is 2.03. The summed E-state index contributed by atoms with van der Waals surface area (Å²) in [5, 5.41) is 11.9. The molecule has 0 unspecified atom stereocenters. The number of halogens is 1. The number of anilines is 1. The first kappa shape index (κ1) is 19.8. The van der Waals surface area contributed by atoms with Gasteiger partial charge in [-0.15, -0.1) is 10.2 Å². The van der Waals surface area contributed by atoms with E-state index in [2.05, 4.69) is 15.5 Å². The van der Waals surface area contributed by atoms with Crippen molar-refractivity contribution in [3.8, 4) is 17.1 Å². The number of nitrogens with one attached hydrogen (secondary N) is 1. The second-order valence-electron chi connectivity index (χ2n) is 6.66. The molecular formula is C23H19FN4OS. The van der Waals surface area contributed by atoms with Gasteiger partial charge in [0.1, 0.15) is 5.82 Å². The maximum Gasteiger partial charge on any atom is 0.234 e. The molecule has 1 aromatic heterocycles. The quantitative estimate of drug-likeness (QED) is 0.442. The number of aromatic nitrogens is 3. The lowest BCUT2D eigenvalue weighted by Gasteiger charge is -2.11. The summed E-state index contributed by atoms with van der Waals surface area (Å²) in [6, 6.07) is 23.9. The summed E-state index contributed by atoms with van der Waals surface area (Å²) >= 11 is 1.25. The van der Waals surface area contributed by atoms with Crippen LogP contribution in [0.1, 0.15) is 5.56 Å². The molecule has 7 heteroatoms. The molecule has 0 saturated heterocycles. The number of hydrogen-bond donors (Lipinski definition) is 1. The van der Waals surface area contributed by atoms with E-state index < -0.39 is 5.82 Å². The number of carbonyl (C=O) groups excluding carboxylic acids is 1. The van der Waals surface area contributed by atoms with Crippen molar-refractivity contribution in [3.05, 3.63) is 90.2 Å². The Morgan fingerprint density at radius 1 is 0.967 bits per heavy atom. The normalized spacial score (nSPS) is 10.7. The van der Waals surface area contributed by atoms with Crippen molar-refractivity contribution in [1.82, 2.24) is 14.8 Å². The van der Waals surface area contributed by atoms with Crippen LogP contribution in [0, 0.1) is 12.7 Å². The molecule has 0 spiro atoms. The van der Waals surface area contributed by atoms with Gasteiger partial charge in [-0.2, -0.15) is 0 Å². The highest BCUT2D eigenvalue weighted by molar-refractivity contribution is 7.99. The van der Waals surface area contributed by atoms with Crippen LogP contribution in [0.25, 0.3) is 17.1 Å². The van der Waals surface area contributed by atoms with E-state index in [1.54, 1.807) is 12.1 Å². The number of aryl methyl sites for hydroxylation is 1. The van der Waals surface area contributed by atoms with Crippen molar-refractivity contribution >= 4 is 23.4 Å². The van der Waals surface area contributed by atoms with E-state index in [1.165, 1.54) is 23.9 Å². The first-order valence-corrected chi connectivity index (χ1v) is 10.4. The summed E-state index contributed by atoms with van der Waals surface area (Å²) in [6.07, 6.45) is 0. The van der Waals surface area contributed by atoms with Crippen molar-refractivity contribution in [2.45, 2.75) is 12.1 Å². The minimum Gasteiger partial charge on any atom is -0.323 e. The minimum atomic E-state index is -0.468. The maximum atomic E-state index is 13.8. The van der Waals surface area contributed by atoms with Gasteiger partial charge in [-0.05, 0) is 31.2 Å². The van der Waals surface area contributed by atoms with Crippen LogP contribution >= 0.6 is 11.8 Å². The average molecular weight is 418 g/mol. The Kier molecular flexibility index (Phi) is 5.90. The third-order valence-electron chi connectivity index (χ3n) is 4.44. The maximum absolute atomic E-state index is 13.8. The number of para-hydroxylation sites is 2. The Morgan fingerprint density at radius 2 is 1.67 bits per heavy atom. The van der Waals surface area contributed by atoms with Crippen LogP contribution in [0.3, 0.4) is 0 Å². The molecule has 0 fully saturated rings. The zero-order valence-corrected chi connectivity index (χ0v) is 17.1.